The molecular weight excluding hydrogens is 322 g/mol. The fourth-order valence-corrected chi connectivity index (χ4v) is 4.68. The van der Waals surface area contributed by atoms with Crippen LogP contribution in [0.1, 0.15) is 48.2 Å². The number of halogens is 1. The van der Waals surface area contributed by atoms with E-state index in [0.717, 1.165) is 18.0 Å². The molecule has 1 heterocycles. The van der Waals surface area contributed by atoms with Crippen molar-refractivity contribution < 1.29 is 4.79 Å². The van der Waals surface area contributed by atoms with Gasteiger partial charge < -0.3 is 5.32 Å². The highest BCUT2D eigenvalue weighted by Crippen LogP contribution is 2.42. The summed E-state index contributed by atoms with van der Waals surface area (Å²) in [5.41, 5.74) is 2.03. The van der Waals surface area contributed by atoms with Crippen molar-refractivity contribution in [2.75, 3.05) is 0 Å². The van der Waals surface area contributed by atoms with E-state index in [4.69, 9.17) is 11.6 Å². The molecule has 4 rings (SSSR count). The van der Waals surface area contributed by atoms with Crippen molar-refractivity contribution in [1.82, 2.24) is 15.1 Å². The van der Waals surface area contributed by atoms with Crippen molar-refractivity contribution in [2.45, 2.75) is 45.1 Å². The van der Waals surface area contributed by atoms with Gasteiger partial charge in [-0.05, 0) is 56.6 Å². The molecule has 1 amide bonds. The van der Waals surface area contributed by atoms with Crippen LogP contribution >= 0.6 is 11.6 Å². The smallest absolute Gasteiger partial charge is 0.256 e. The Morgan fingerprint density at radius 2 is 1.96 bits per heavy atom. The Morgan fingerprint density at radius 1 is 1.21 bits per heavy atom. The first-order valence-electron chi connectivity index (χ1n) is 8.75. The first-order valence-corrected chi connectivity index (χ1v) is 9.12. The SMILES string of the molecule is Cc1nn(-c2ccccc2)c(Cl)c1C(=O)NC1CCC2CCC1C2. The largest absolute Gasteiger partial charge is 0.349 e. The number of hydrogen-bond donors (Lipinski definition) is 1. The third kappa shape index (κ3) is 2.73. The van der Waals surface area contributed by atoms with Crippen molar-refractivity contribution in [3.05, 3.63) is 46.7 Å². The molecule has 0 saturated heterocycles. The lowest BCUT2D eigenvalue weighted by molar-refractivity contribution is 0.0908. The van der Waals surface area contributed by atoms with Crippen LogP contribution in [0.2, 0.25) is 5.15 Å². The van der Waals surface area contributed by atoms with E-state index in [2.05, 4.69) is 10.4 Å². The Kier molecular flexibility index (Phi) is 4.09. The summed E-state index contributed by atoms with van der Waals surface area (Å²) in [7, 11) is 0. The van der Waals surface area contributed by atoms with Gasteiger partial charge in [0.25, 0.3) is 5.91 Å². The number of aromatic nitrogens is 2. The van der Waals surface area contributed by atoms with E-state index in [-0.39, 0.29) is 11.9 Å². The Morgan fingerprint density at radius 3 is 2.75 bits per heavy atom. The minimum absolute atomic E-state index is 0.0879. The fourth-order valence-electron chi connectivity index (χ4n) is 4.32. The third-order valence-electron chi connectivity index (χ3n) is 5.59. The number of amides is 1. The molecule has 1 N–H and O–H groups in total. The summed E-state index contributed by atoms with van der Waals surface area (Å²) in [6.07, 6.45) is 6.15. The molecule has 2 aromatic rings. The van der Waals surface area contributed by atoms with E-state index < -0.39 is 0 Å². The number of rotatable bonds is 3. The summed E-state index contributed by atoms with van der Waals surface area (Å²) >= 11 is 6.49. The van der Waals surface area contributed by atoms with Gasteiger partial charge in [-0.3, -0.25) is 4.79 Å². The molecule has 1 aromatic carbocycles. The Balaban J connectivity index is 1.57. The van der Waals surface area contributed by atoms with Gasteiger partial charge in [0, 0.05) is 6.04 Å². The van der Waals surface area contributed by atoms with Crippen LogP contribution in [0, 0.1) is 18.8 Å². The number of nitrogens with zero attached hydrogens (tertiary/aromatic N) is 2. The standard InChI is InChI=1S/C19H22ClN3O/c1-12-17(18(20)23(22-12)15-5-3-2-4-6-15)19(24)21-16-10-8-13-7-9-14(16)11-13/h2-6,13-14,16H,7-11H2,1H3,(H,21,24). The zero-order valence-electron chi connectivity index (χ0n) is 13.8. The highest BCUT2D eigenvalue weighted by Gasteiger charge is 2.37. The maximum absolute atomic E-state index is 12.8. The second-order valence-corrected chi connectivity index (χ2v) is 7.45. The first kappa shape index (κ1) is 15.7. The van der Waals surface area contributed by atoms with Gasteiger partial charge in [-0.15, -0.1) is 0 Å². The van der Waals surface area contributed by atoms with E-state index in [1.54, 1.807) is 4.68 Å². The van der Waals surface area contributed by atoms with Crippen LogP contribution in [0.4, 0.5) is 0 Å². The van der Waals surface area contributed by atoms with Crippen LogP contribution in [-0.2, 0) is 0 Å². The molecule has 1 aromatic heterocycles. The molecule has 126 valence electrons. The fraction of sp³-hybridized carbons (Fsp3) is 0.474. The minimum atomic E-state index is -0.0879. The van der Waals surface area contributed by atoms with Gasteiger partial charge in [0.1, 0.15) is 5.15 Å². The van der Waals surface area contributed by atoms with Crippen LogP contribution in [0.5, 0.6) is 0 Å². The first-order chi connectivity index (χ1) is 11.6. The summed E-state index contributed by atoms with van der Waals surface area (Å²) in [4.78, 5) is 12.8. The predicted molar refractivity (Wildman–Crippen MR) is 94.6 cm³/mol. The molecule has 0 radical (unpaired) electrons. The predicted octanol–water partition coefficient (Wildman–Crippen LogP) is 4.14. The van der Waals surface area contributed by atoms with Gasteiger partial charge in [-0.25, -0.2) is 4.68 Å². The summed E-state index contributed by atoms with van der Waals surface area (Å²) in [6.45, 7) is 1.84. The zero-order valence-corrected chi connectivity index (χ0v) is 14.6. The molecule has 3 atom stereocenters. The van der Waals surface area contributed by atoms with Gasteiger partial charge >= 0.3 is 0 Å². The van der Waals surface area contributed by atoms with Crippen molar-refractivity contribution in [3.63, 3.8) is 0 Å². The van der Waals surface area contributed by atoms with E-state index in [1.165, 1.54) is 25.7 Å². The van der Waals surface area contributed by atoms with Crippen molar-refractivity contribution in [3.8, 4) is 5.69 Å². The summed E-state index contributed by atoms with van der Waals surface area (Å²) < 4.78 is 1.64. The number of carbonyl (C=O) groups excluding carboxylic acids is 1. The second kappa shape index (κ2) is 6.25. The summed E-state index contributed by atoms with van der Waals surface area (Å²) in [5.74, 6) is 1.43. The Hall–Kier alpha value is -1.81. The maximum Gasteiger partial charge on any atom is 0.256 e. The number of para-hydroxylation sites is 1. The molecule has 2 saturated carbocycles. The second-order valence-electron chi connectivity index (χ2n) is 7.10. The lowest BCUT2D eigenvalue weighted by Crippen LogP contribution is -2.41. The molecule has 5 heteroatoms. The van der Waals surface area contributed by atoms with E-state index in [0.29, 0.717) is 22.3 Å². The molecular formula is C19H22ClN3O. The average Bonchev–Trinajstić information content (AvgIpc) is 3.12. The van der Waals surface area contributed by atoms with Crippen molar-refractivity contribution in [2.24, 2.45) is 11.8 Å². The maximum atomic E-state index is 12.8. The molecule has 24 heavy (non-hydrogen) atoms. The van der Waals surface area contributed by atoms with E-state index in [1.807, 2.05) is 37.3 Å². The van der Waals surface area contributed by atoms with Crippen LogP contribution in [0.25, 0.3) is 5.69 Å². The Labute approximate surface area is 147 Å². The molecule has 2 fully saturated rings. The lowest BCUT2D eigenvalue weighted by Gasteiger charge is -2.29. The van der Waals surface area contributed by atoms with E-state index in [9.17, 15) is 4.79 Å². The van der Waals surface area contributed by atoms with Crippen LogP contribution < -0.4 is 5.32 Å². The zero-order chi connectivity index (χ0) is 16.7. The highest BCUT2D eigenvalue weighted by atomic mass is 35.5. The van der Waals surface area contributed by atoms with Gasteiger partial charge in [-0.2, -0.15) is 5.10 Å². The normalized spacial score (nSPS) is 25.7. The van der Waals surface area contributed by atoms with Gasteiger partial charge in [0.2, 0.25) is 0 Å². The average molecular weight is 344 g/mol. The number of benzene rings is 1. The van der Waals surface area contributed by atoms with Gasteiger partial charge in [0.05, 0.1) is 16.9 Å². The molecule has 4 nitrogen and oxygen atoms in total. The van der Waals surface area contributed by atoms with E-state index >= 15 is 0 Å². The van der Waals surface area contributed by atoms with Crippen LogP contribution in [0.3, 0.4) is 0 Å². The number of aryl methyl sites for hydroxylation is 1. The van der Waals surface area contributed by atoms with Gasteiger partial charge in [0.15, 0.2) is 0 Å². The van der Waals surface area contributed by atoms with Gasteiger partial charge in [-0.1, -0.05) is 36.2 Å². The summed E-state index contributed by atoms with van der Waals surface area (Å²) in [6, 6.07) is 9.95. The third-order valence-corrected chi connectivity index (χ3v) is 5.93. The number of nitrogens with one attached hydrogen (secondary N) is 1. The highest BCUT2D eigenvalue weighted by molar-refractivity contribution is 6.33. The lowest BCUT2D eigenvalue weighted by atomic mass is 9.85. The topological polar surface area (TPSA) is 46.9 Å². The number of hydrogen-bond acceptors (Lipinski definition) is 2. The molecule has 2 bridgehead atoms. The molecule has 0 aliphatic heterocycles. The van der Waals surface area contributed by atoms with Crippen molar-refractivity contribution >= 4 is 17.5 Å². The number of fused-ring (bicyclic) bond motifs is 2. The molecule has 2 aliphatic rings. The molecule has 0 spiro atoms. The number of carbonyl (C=O) groups is 1. The van der Waals surface area contributed by atoms with Crippen LogP contribution in [-0.4, -0.2) is 21.7 Å². The van der Waals surface area contributed by atoms with Crippen molar-refractivity contribution in [1.29, 1.82) is 0 Å². The quantitative estimate of drug-likeness (QED) is 0.910. The molecule has 2 aliphatic carbocycles. The minimum Gasteiger partial charge on any atom is -0.349 e. The van der Waals surface area contributed by atoms with Crippen LogP contribution in [0.15, 0.2) is 30.3 Å². The monoisotopic (exact) mass is 343 g/mol. The molecule has 3 unspecified atom stereocenters. The summed E-state index contributed by atoms with van der Waals surface area (Å²) in [5, 5.41) is 8.08. The Bertz CT molecular complexity index is 755.